The van der Waals surface area contributed by atoms with Gasteiger partial charge in [-0.3, -0.25) is 9.59 Å². The van der Waals surface area contributed by atoms with Crippen molar-refractivity contribution in [3.8, 4) is 0 Å². The average Bonchev–Trinajstić information content (AvgIpc) is 2.91. The normalized spacial score (nSPS) is 24.4. The van der Waals surface area contributed by atoms with Gasteiger partial charge in [0.15, 0.2) is 0 Å². The highest BCUT2D eigenvalue weighted by Gasteiger charge is 2.42. The molecule has 4 nitrogen and oxygen atoms in total. The van der Waals surface area contributed by atoms with Crippen LogP contribution >= 0.6 is 0 Å². The first kappa shape index (κ1) is 15.5. The van der Waals surface area contributed by atoms with Gasteiger partial charge < -0.3 is 10.5 Å². The zero-order valence-corrected chi connectivity index (χ0v) is 12.5. The summed E-state index contributed by atoms with van der Waals surface area (Å²) in [5.74, 6) is -0.914. The number of ether oxygens (including phenoxy) is 1. The van der Waals surface area contributed by atoms with Crippen LogP contribution in [0, 0.1) is 5.92 Å². The Morgan fingerprint density at radius 3 is 2.15 bits per heavy atom. The lowest BCUT2D eigenvalue weighted by Crippen LogP contribution is -2.49. The van der Waals surface area contributed by atoms with Crippen molar-refractivity contribution in [2.75, 3.05) is 0 Å². The van der Waals surface area contributed by atoms with Crippen LogP contribution in [0.5, 0.6) is 0 Å². The van der Waals surface area contributed by atoms with Gasteiger partial charge in [0.25, 0.3) is 11.7 Å². The van der Waals surface area contributed by atoms with Gasteiger partial charge in [0.1, 0.15) is 5.60 Å². The lowest BCUT2D eigenvalue weighted by molar-refractivity contribution is -0.162. The minimum absolute atomic E-state index is 0.110. The van der Waals surface area contributed by atoms with E-state index in [0.29, 0.717) is 12.3 Å². The van der Waals surface area contributed by atoms with E-state index in [1.807, 2.05) is 0 Å². The zero-order valence-electron chi connectivity index (χ0n) is 12.5. The Balaban J connectivity index is 2.04. The molecule has 0 radical (unpaired) electrons. The Bertz CT molecular complexity index is 357. The highest BCUT2D eigenvalue weighted by Crippen LogP contribution is 2.36. The molecule has 0 spiro atoms. The van der Waals surface area contributed by atoms with Crippen LogP contribution in [0.15, 0.2) is 0 Å². The summed E-state index contributed by atoms with van der Waals surface area (Å²) >= 11 is 0. The van der Waals surface area contributed by atoms with E-state index >= 15 is 0 Å². The molecule has 1 unspecified atom stereocenters. The molecule has 2 aliphatic rings. The van der Waals surface area contributed by atoms with Gasteiger partial charge >= 0.3 is 0 Å². The van der Waals surface area contributed by atoms with E-state index in [2.05, 4.69) is 0 Å². The smallest absolute Gasteiger partial charge is 0.287 e. The molecular formula is C16H27NO3. The summed E-state index contributed by atoms with van der Waals surface area (Å²) in [6.45, 7) is 1.77. The fraction of sp³-hybridized carbons (Fsp3) is 0.875. The van der Waals surface area contributed by atoms with Crippen LogP contribution in [0.1, 0.15) is 71.1 Å². The van der Waals surface area contributed by atoms with Crippen molar-refractivity contribution in [3.63, 3.8) is 0 Å². The Labute approximate surface area is 121 Å². The van der Waals surface area contributed by atoms with Gasteiger partial charge in [-0.15, -0.1) is 0 Å². The summed E-state index contributed by atoms with van der Waals surface area (Å²) in [6, 6.07) is 0. The molecule has 114 valence electrons. The van der Waals surface area contributed by atoms with Crippen molar-refractivity contribution >= 4 is 11.7 Å². The van der Waals surface area contributed by atoms with Crippen LogP contribution in [-0.2, 0) is 14.3 Å². The van der Waals surface area contributed by atoms with E-state index in [9.17, 15) is 9.59 Å². The number of carbonyl (C=O) groups is 2. The molecule has 0 saturated heterocycles. The van der Waals surface area contributed by atoms with Crippen molar-refractivity contribution in [2.45, 2.75) is 82.8 Å². The number of nitrogens with two attached hydrogens (primary N) is 1. The second-order valence-electron chi connectivity index (χ2n) is 6.66. The Hall–Kier alpha value is -0.900. The molecule has 4 heteroatoms. The average molecular weight is 281 g/mol. The largest absolute Gasteiger partial charge is 0.364 e. The summed E-state index contributed by atoms with van der Waals surface area (Å²) in [7, 11) is 0. The van der Waals surface area contributed by atoms with Gasteiger partial charge in [0.05, 0.1) is 6.10 Å². The third-order valence-electron chi connectivity index (χ3n) is 4.84. The van der Waals surface area contributed by atoms with Crippen LogP contribution < -0.4 is 5.73 Å². The van der Waals surface area contributed by atoms with Crippen molar-refractivity contribution in [3.05, 3.63) is 0 Å². The van der Waals surface area contributed by atoms with Crippen LogP contribution in [0.3, 0.4) is 0 Å². The van der Waals surface area contributed by atoms with Crippen LogP contribution in [0.4, 0.5) is 0 Å². The second-order valence-corrected chi connectivity index (χ2v) is 6.66. The van der Waals surface area contributed by atoms with Crippen molar-refractivity contribution in [1.82, 2.24) is 0 Å². The third-order valence-corrected chi connectivity index (χ3v) is 4.84. The lowest BCUT2D eigenvalue weighted by Gasteiger charge is -2.35. The maximum absolute atomic E-state index is 12.2. The third kappa shape index (κ3) is 3.81. The predicted octanol–water partition coefficient (Wildman–Crippen LogP) is 2.73. The maximum Gasteiger partial charge on any atom is 0.287 e. The van der Waals surface area contributed by atoms with Gasteiger partial charge in [-0.05, 0) is 32.1 Å². The van der Waals surface area contributed by atoms with Gasteiger partial charge in [0.2, 0.25) is 0 Å². The number of primary amides is 1. The van der Waals surface area contributed by atoms with Crippen molar-refractivity contribution in [2.24, 2.45) is 11.7 Å². The molecule has 2 aliphatic carbocycles. The van der Waals surface area contributed by atoms with E-state index in [-0.39, 0.29) is 6.10 Å². The van der Waals surface area contributed by atoms with E-state index < -0.39 is 17.3 Å². The molecular weight excluding hydrogens is 254 g/mol. The number of Topliss-reactive ketones (excluding diaryl/α,β-unsaturated/α-hetero) is 1. The van der Waals surface area contributed by atoms with Gasteiger partial charge in [-0.2, -0.15) is 0 Å². The summed E-state index contributed by atoms with van der Waals surface area (Å²) in [5.41, 5.74) is 4.22. The number of hydrogen-bond donors (Lipinski definition) is 1. The Morgan fingerprint density at radius 1 is 1.05 bits per heavy atom. The fourth-order valence-corrected chi connectivity index (χ4v) is 3.77. The second kappa shape index (κ2) is 6.70. The first-order valence-corrected chi connectivity index (χ1v) is 8.03. The summed E-state index contributed by atoms with van der Waals surface area (Å²) in [5, 5.41) is 0. The number of rotatable bonds is 6. The lowest BCUT2D eigenvalue weighted by atomic mass is 9.86. The minimum atomic E-state index is -1.01. The Morgan fingerprint density at radius 2 is 1.60 bits per heavy atom. The molecule has 20 heavy (non-hydrogen) atoms. The molecule has 1 amide bonds. The molecule has 0 aromatic rings. The molecule has 0 bridgehead atoms. The van der Waals surface area contributed by atoms with Crippen LogP contribution in [0.2, 0.25) is 0 Å². The number of amides is 1. The highest BCUT2D eigenvalue weighted by molar-refractivity contribution is 6.38. The summed E-state index contributed by atoms with van der Waals surface area (Å²) in [6.07, 6.45) is 11.0. The molecule has 1 atom stereocenters. The van der Waals surface area contributed by atoms with E-state index in [4.69, 9.17) is 10.5 Å². The highest BCUT2D eigenvalue weighted by atomic mass is 16.5. The summed E-state index contributed by atoms with van der Waals surface area (Å²) in [4.78, 5) is 23.6. The van der Waals surface area contributed by atoms with Crippen LogP contribution in [-0.4, -0.2) is 23.4 Å². The first-order chi connectivity index (χ1) is 9.51. The molecule has 2 saturated carbocycles. The van der Waals surface area contributed by atoms with Gasteiger partial charge in [-0.1, -0.05) is 44.9 Å². The number of ketones is 1. The van der Waals surface area contributed by atoms with Crippen molar-refractivity contribution in [1.29, 1.82) is 0 Å². The number of carbonyl (C=O) groups excluding carboxylic acids is 2. The molecule has 0 aromatic carbocycles. The van der Waals surface area contributed by atoms with Crippen molar-refractivity contribution < 1.29 is 14.3 Å². The molecule has 0 aromatic heterocycles. The Kier molecular flexibility index (Phi) is 5.19. The standard InChI is InChI=1S/C16H27NO3/c1-16(14(18)15(17)19,11-12-7-5-6-8-12)20-13-9-3-2-4-10-13/h12-13H,2-11H2,1H3,(H2,17,19). The van der Waals surface area contributed by atoms with Gasteiger partial charge in [-0.25, -0.2) is 0 Å². The molecule has 0 heterocycles. The molecule has 2 N–H and O–H groups in total. The molecule has 2 fully saturated rings. The predicted molar refractivity (Wildman–Crippen MR) is 77.1 cm³/mol. The molecule has 0 aliphatic heterocycles. The van der Waals surface area contributed by atoms with E-state index in [1.54, 1.807) is 6.92 Å². The first-order valence-electron chi connectivity index (χ1n) is 8.03. The van der Waals surface area contributed by atoms with E-state index in [0.717, 1.165) is 38.5 Å². The SMILES string of the molecule is CC(CC1CCCC1)(OC1CCCCC1)C(=O)C(N)=O. The monoisotopic (exact) mass is 281 g/mol. The number of hydrogen-bond acceptors (Lipinski definition) is 3. The fourth-order valence-electron chi connectivity index (χ4n) is 3.77. The van der Waals surface area contributed by atoms with Gasteiger partial charge in [0, 0.05) is 0 Å². The summed E-state index contributed by atoms with van der Waals surface area (Å²) < 4.78 is 6.11. The van der Waals surface area contributed by atoms with E-state index in [1.165, 1.54) is 19.3 Å². The topological polar surface area (TPSA) is 69.4 Å². The zero-order chi connectivity index (χ0) is 14.6. The quantitative estimate of drug-likeness (QED) is 0.761. The minimum Gasteiger partial charge on any atom is -0.364 e. The maximum atomic E-state index is 12.2. The molecule has 2 rings (SSSR count). The van der Waals surface area contributed by atoms with Crippen LogP contribution in [0.25, 0.3) is 0 Å².